The Kier molecular flexibility index (Phi) is 7.89. The van der Waals surface area contributed by atoms with Crippen molar-refractivity contribution in [3.63, 3.8) is 0 Å². The van der Waals surface area contributed by atoms with E-state index in [9.17, 15) is 9.59 Å². The summed E-state index contributed by atoms with van der Waals surface area (Å²) in [4.78, 5) is 32.7. The summed E-state index contributed by atoms with van der Waals surface area (Å²) in [5.41, 5.74) is 2.90. The van der Waals surface area contributed by atoms with Crippen LogP contribution in [0.15, 0.2) is 99.9 Å². The molecule has 1 N–H and O–H groups in total. The van der Waals surface area contributed by atoms with Crippen LogP contribution in [0.4, 0.5) is 5.69 Å². The van der Waals surface area contributed by atoms with E-state index in [2.05, 4.69) is 10.3 Å². The summed E-state index contributed by atoms with van der Waals surface area (Å²) in [6, 6.07) is 25.3. The van der Waals surface area contributed by atoms with Crippen LogP contribution in [0.1, 0.15) is 31.0 Å². The Morgan fingerprint density at radius 1 is 1.07 bits per heavy atom. The second-order valence-corrected chi connectivity index (χ2v) is 9.91. The van der Waals surface area contributed by atoms with Crippen molar-refractivity contribution in [1.29, 1.82) is 5.26 Å². The van der Waals surface area contributed by atoms with E-state index >= 15 is 0 Å². The number of carbonyl (C=O) groups excluding carboxylic acids is 1. The summed E-state index contributed by atoms with van der Waals surface area (Å²) in [5.74, 6) is 0.623. The minimum atomic E-state index is -0.649. The average molecular weight is 551 g/mol. The lowest BCUT2D eigenvalue weighted by atomic mass is 9.95. The van der Waals surface area contributed by atoms with E-state index < -0.39 is 6.04 Å². The third-order valence-corrected chi connectivity index (χ3v) is 7.25. The number of amides is 1. The van der Waals surface area contributed by atoms with Gasteiger partial charge in [0.05, 0.1) is 28.5 Å². The Morgan fingerprint density at radius 3 is 2.50 bits per heavy atom. The summed E-state index contributed by atoms with van der Waals surface area (Å²) in [6.07, 6.45) is 1.77. The number of hydrogen-bond donors (Lipinski definition) is 1. The molecule has 1 amide bonds. The summed E-state index contributed by atoms with van der Waals surface area (Å²) in [5, 5.41) is 11.8. The van der Waals surface area contributed by atoms with Gasteiger partial charge in [-0.2, -0.15) is 5.26 Å². The van der Waals surface area contributed by atoms with E-state index in [4.69, 9.17) is 14.7 Å². The summed E-state index contributed by atoms with van der Waals surface area (Å²) >= 11 is 1.26. The van der Waals surface area contributed by atoms with E-state index in [1.807, 2.05) is 73.7 Å². The smallest absolute Gasteiger partial charge is 0.271 e. The Morgan fingerprint density at radius 2 is 1.80 bits per heavy atom. The molecule has 0 spiro atoms. The number of nitrogens with one attached hydrogen (secondary N) is 1. The maximum absolute atomic E-state index is 13.9. The molecule has 0 radical (unpaired) electrons. The number of carbonyl (C=O) groups is 1. The van der Waals surface area contributed by atoms with Gasteiger partial charge in [-0.05, 0) is 55.3 Å². The number of thiazole rings is 1. The van der Waals surface area contributed by atoms with Gasteiger partial charge in [-0.15, -0.1) is 0 Å². The zero-order valence-corrected chi connectivity index (χ0v) is 22.8. The highest BCUT2D eigenvalue weighted by Crippen LogP contribution is 2.31. The first-order valence-corrected chi connectivity index (χ1v) is 13.5. The van der Waals surface area contributed by atoms with E-state index in [0.29, 0.717) is 44.4 Å². The molecule has 1 atom stereocenters. The fourth-order valence-corrected chi connectivity index (χ4v) is 5.59. The van der Waals surface area contributed by atoms with Gasteiger partial charge in [0.15, 0.2) is 22.9 Å². The zero-order valence-electron chi connectivity index (χ0n) is 22.0. The van der Waals surface area contributed by atoms with Crippen LogP contribution >= 0.6 is 11.3 Å². The van der Waals surface area contributed by atoms with E-state index in [-0.39, 0.29) is 18.1 Å². The highest BCUT2D eigenvalue weighted by molar-refractivity contribution is 7.07. The highest BCUT2D eigenvalue weighted by atomic mass is 32.1. The predicted octanol–water partition coefficient (Wildman–Crippen LogP) is 4.17. The molecular formula is C31H26N4O4S. The molecule has 8 nitrogen and oxygen atoms in total. The number of para-hydroxylation sites is 1. The fourth-order valence-electron chi connectivity index (χ4n) is 4.55. The van der Waals surface area contributed by atoms with Gasteiger partial charge in [0, 0.05) is 5.69 Å². The lowest BCUT2D eigenvalue weighted by molar-refractivity contribution is -0.113. The lowest BCUT2D eigenvalue weighted by Gasteiger charge is -2.25. The Balaban J connectivity index is 1.61. The number of nitriles is 1. The van der Waals surface area contributed by atoms with E-state index in [0.717, 1.165) is 11.1 Å². The van der Waals surface area contributed by atoms with E-state index in [1.54, 1.807) is 35.8 Å². The Hall–Kier alpha value is -4.94. The number of rotatable bonds is 8. The van der Waals surface area contributed by atoms with Crippen molar-refractivity contribution in [2.45, 2.75) is 19.9 Å². The second-order valence-electron chi connectivity index (χ2n) is 8.90. The van der Waals surface area contributed by atoms with Gasteiger partial charge in [0.2, 0.25) is 0 Å². The van der Waals surface area contributed by atoms with Crippen molar-refractivity contribution in [3.05, 3.63) is 121 Å². The number of fused-ring (bicyclic) bond motifs is 1. The standard InChI is InChI=1S/C31H26N4O4S/c1-3-38-25-18-21(14-15-24(25)39-17-16-32)19-26-30(37)35-28(22-10-6-4-7-11-22)27(20(2)33-31(35)40-26)29(36)34-23-12-8-5-9-13-23/h4-15,18-19,28H,3,17H2,1-2H3,(H,34,36)/b26-19-/t28-/m0/s1. The lowest BCUT2D eigenvalue weighted by Crippen LogP contribution is -2.40. The number of ether oxygens (including phenoxy) is 2. The molecular weight excluding hydrogens is 524 g/mol. The van der Waals surface area contributed by atoms with Crippen molar-refractivity contribution < 1.29 is 14.3 Å². The van der Waals surface area contributed by atoms with Crippen LogP contribution in [-0.4, -0.2) is 23.7 Å². The largest absolute Gasteiger partial charge is 0.490 e. The molecule has 0 fully saturated rings. The van der Waals surface area contributed by atoms with Crippen LogP contribution < -0.4 is 29.7 Å². The van der Waals surface area contributed by atoms with Crippen LogP contribution in [0, 0.1) is 11.3 Å². The van der Waals surface area contributed by atoms with E-state index in [1.165, 1.54) is 11.3 Å². The van der Waals surface area contributed by atoms with Gasteiger partial charge >= 0.3 is 0 Å². The van der Waals surface area contributed by atoms with Crippen LogP contribution in [-0.2, 0) is 4.79 Å². The van der Waals surface area contributed by atoms with Crippen LogP contribution in [0.2, 0.25) is 0 Å². The van der Waals surface area contributed by atoms with Gasteiger partial charge in [-0.1, -0.05) is 65.9 Å². The number of nitrogens with zero attached hydrogens (tertiary/aromatic N) is 3. The topological polar surface area (TPSA) is 106 Å². The minimum absolute atomic E-state index is 0.100. The molecule has 5 rings (SSSR count). The first kappa shape index (κ1) is 26.7. The zero-order chi connectivity index (χ0) is 28.1. The van der Waals surface area contributed by atoms with Crippen molar-refractivity contribution >= 4 is 29.0 Å². The monoisotopic (exact) mass is 550 g/mol. The third-order valence-electron chi connectivity index (χ3n) is 6.27. The number of allylic oxidation sites excluding steroid dienone is 1. The minimum Gasteiger partial charge on any atom is -0.490 e. The molecule has 1 aromatic heterocycles. The predicted molar refractivity (Wildman–Crippen MR) is 154 cm³/mol. The molecule has 0 aliphatic carbocycles. The Labute approximate surface area is 234 Å². The molecule has 1 aliphatic heterocycles. The van der Waals surface area contributed by atoms with Crippen LogP contribution in [0.25, 0.3) is 6.08 Å². The van der Waals surface area contributed by atoms with Crippen molar-refractivity contribution in [2.75, 3.05) is 18.5 Å². The molecule has 2 heterocycles. The first-order chi connectivity index (χ1) is 19.5. The number of hydrogen-bond acceptors (Lipinski definition) is 7. The molecule has 4 aromatic rings. The number of anilines is 1. The SMILES string of the molecule is CCOc1cc(/C=c2\sc3n(c2=O)[C@@H](c2ccccc2)C(C(=O)Nc2ccccc2)=C(C)N=3)ccc1OCC#N. The summed E-state index contributed by atoms with van der Waals surface area (Å²) in [6.45, 7) is 3.97. The Bertz CT molecular complexity index is 1800. The summed E-state index contributed by atoms with van der Waals surface area (Å²) in [7, 11) is 0. The number of aromatic nitrogens is 1. The van der Waals surface area contributed by atoms with Gasteiger partial charge in [0.1, 0.15) is 6.07 Å². The normalized spacial score (nSPS) is 14.6. The van der Waals surface area contributed by atoms with Crippen LogP contribution in [0.3, 0.4) is 0 Å². The summed E-state index contributed by atoms with van der Waals surface area (Å²) < 4.78 is 13.2. The molecule has 200 valence electrons. The fraction of sp³-hybridized carbons (Fsp3) is 0.161. The third kappa shape index (κ3) is 5.44. The van der Waals surface area contributed by atoms with Crippen LogP contribution in [0.5, 0.6) is 11.5 Å². The number of benzene rings is 3. The molecule has 0 unspecified atom stereocenters. The average Bonchev–Trinajstić information content (AvgIpc) is 3.26. The van der Waals surface area contributed by atoms with Crippen molar-refractivity contribution in [3.8, 4) is 17.6 Å². The molecule has 40 heavy (non-hydrogen) atoms. The maximum atomic E-state index is 13.9. The van der Waals surface area contributed by atoms with Gasteiger partial charge in [-0.3, -0.25) is 14.2 Å². The van der Waals surface area contributed by atoms with Crippen molar-refractivity contribution in [2.24, 2.45) is 4.99 Å². The molecule has 1 aliphatic rings. The molecule has 0 bridgehead atoms. The maximum Gasteiger partial charge on any atom is 0.271 e. The van der Waals surface area contributed by atoms with Crippen molar-refractivity contribution in [1.82, 2.24) is 4.57 Å². The highest BCUT2D eigenvalue weighted by Gasteiger charge is 2.32. The molecule has 9 heteroatoms. The second kappa shape index (κ2) is 11.8. The quantitative estimate of drug-likeness (QED) is 0.354. The van der Waals surface area contributed by atoms with Gasteiger partial charge < -0.3 is 14.8 Å². The van der Waals surface area contributed by atoms with Gasteiger partial charge in [-0.25, -0.2) is 4.99 Å². The molecule has 0 saturated heterocycles. The molecule has 0 saturated carbocycles. The molecule has 3 aromatic carbocycles. The first-order valence-electron chi connectivity index (χ1n) is 12.7. The van der Waals surface area contributed by atoms with Gasteiger partial charge in [0.25, 0.3) is 11.5 Å².